The molecule has 1 aromatic heterocycles. The van der Waals surface area contributed by atoms with E-state index < -0.39 is 0 Å². The van der Waals surface area contributed by atoms with E-state index in [1.807, 2.05) is 12.3 Å². The van der Waals surface area contributed by atoms with Gasteiger partial charge in [-0.05, 0) is 51.4 Å². The number of halogens is 1. The van der Waals surface area contributed by atoms with Gasteiger partial charge >= 0.3 is 0 Å². The number of nitrogens with two attached hydrogens (primary N) is 1. The Hall–Kier alpha value is -0.410. The Morgan fingerprint density at radius 3 is 2.64 bits per heavy atom. The Labute approximate surface area is 93.0 Å². The summed E-state index contributed by atoms with van der Waals surface area (Å²) in [5.74, 6) is 1.21. The second kappa shape index (κ2) is 3.31. The number of hydrogen-bond donors (Lipinski definition) is 1. The molecule has 76 valence electrons. The highest BCUT2D eigenvalue weighted by Crippen LogP contribution is 2.63. The fourth-order valence-electron chi connectivity index (χ4n) is 2.42. The van der Waals surface area contributed by atoms with Gasteiger partial charge in [-0.2, -0.15) is 0 Å². The van der Waals surface area contributed by atoms with E-state index in [2.05, 4.69) is 40.8 Å². The minimum Gasteiger partial charge on any atom is -0.330 e. The monoisotopic (exact) mass is 254 g/mol. The molecule has 0 spiro atoms. The average molecular weight is 255 g/mol. The summed E-state index contributed by atoms with van der Waals surface area (Å²) in [5, 5.41) is 0. The van der Waals surface area contributed by atoms with Gasteiger partial charge < -0.3 is 5.73 Å². The minimum absolute atomic E-state index is 0.351. The molecular weight excluding hydrogens is 240 g/mol. The molecule has 0 radical (unpaired) electrons. The van der Waals surface area contributed by atoms with Gasteiger partial charge in [-0.1, -0.05) is 19.9 Å². The van der Waals surface area contributed by atoms with E-state index in [0.717, 1.165) is 11.1 Å². The van der Waals surface area contributed by atoms with Gasteiger partial charge in [0.2, 0.25) is 0 Å². The minimum atomic E-state index is 0.351. The summed E-state index contributed by atoms with van der Waals surface area (Å²) in [7, 11) is 0. The Bertz CT molecular complexity index is 332. The average Bonchev–Trinajstić information content (AvgIpc) is 2.69. The van der Waals surface area contributed by atoms with Crippen LogP contribution in [0.4, 0.5) is 0 Å². The van der Waals surface area contributed by atoms with Crippen LogP contribution in [0.1, 0.15) is 25.3 Å². The molecule has 0 aliphatic heterocycles. The maximum absolute atomic E-state index is 5.74. The van der Waals surface area contributed by atoms with E-state index in [1.165, 1.54) is 5.56 Å². The van der Waals surface area contributed by atoms with E-state index in [0.29, 0.717) is 17.3 Å². The number of nitrogens with zero attached hydrogens (tertiary/aromatic N) is 1. The smallest absolute Gasteiger partial charge is 0.106 e. The van der Waals surface area contributed by atoms with Crippen LogP contribution in [0.15, 0.2) is 22.9 Å². The van der Waals surface area contributed by atoms with Crippen molar-refractivity contribution in [3.63, 3.8) is 0 Å². The van der Waals surface area contributed by atoms with Gasteiger partial charge in [0.25, 0.3) is 0 Å². The highest BCUT2D eigenvalue weighted by molar-refractivity contribution is 9.10. The standard InChI is InChI=1S/C11H15BrN2/c1-11(2)8(5-13)10(11)7-3-4-9(12)14-6-7/h3-4,6,8,10H,5,13H2,1-2H3/t8-,10-/m0/s1. The largest absolute Gasteiger partial charge is 0.330 e. The summed E-state index contributed by atoms with van der Waals surface area (Å²) < 4.78 is 0.893. The van der Waals surface area contributed by atoms with Crippen molar-refractivity contribution in [1.29, 1.82) is 0 Å². The molecule has 2 rings (SSSR count). The fourth-order valence-corrected chi connectivity index (χ4v) is 2.65. The van der Waals surface area contributed by atoms with E-state index in [1.54, 1.807) is 0 Å². The predicted molar refractivity (Wildman–Crippen MR) is 61.0 cm³/mol. The molecular formula is C11H15BrN2. The molecule has 0 amide bonds. The van der Waals surface area contributed by atoms with Gasteiger partial charge in [-0.25, -0.2) is 4.98 Å². The summed E-state index contributed by atoms with van der Waals surface area (Å²) in [6.07, 6.45) is 1.95. The fraction of sp³-hybridized carbons (Fsp3) is 0.545. The van der Waals surface area contributed by atoms with Crippen LogP contribution in [0.2, 0.25) is 0 Å². The zero-order valence-corrected chi connectivity index (χ0v) is 10.1. The van der Waals surface area contributed by atoms with Crippen molar-refractivity contribution in [3.8, 4) is 0 Å². The molecule has 1 saturated carbocycles. The summed E-state index contributed by atoms with van der Waals surface area (Å²) in [6, 6.07) is 4.14. The molecule has 0 bridgehead atoms. The lowest BCUT2D eigenvalue weighted by atomic mass is 10.1. The van der Waals surface area contributed by atoms with Crippen molar-refractivity contribution in [3.05, 3.63) is 28.5 Å². The van der Waals surface area contributed by atoms with Gasteiger partial charge in [0, 0.05) is 6.20 Å². The van der Waals surface area contributed by atoms with E-state index in [-0.39, 0.29) is 0 Å². The summed E-state index contributed by atoms with van der Waals surface area (Å²) >= 11 is 3.34. The van der Waals surface area contributed by atoms with Gasteiger partial charge in [0.15, 0.2) is 0 Å². The molecule has 3 heteroatoms. The number of pyridine rings is 1. The second-order valence-corrected chi connectivity index (χ2v) is 5.37. The molecule has 1 aliphatic carbocycles. The first-order valence-electron chi connectivity index (χ1n) is 4.89. The topological polar surface area (TPSA) is 38.9 Å². The van der Waals surface area contributed by atoms with Crippen LogP contribution >= 0.6 is 15.9 Å². The third kappa shape index (κ3) is 1.48. The lowest BCUT2D eigenvalue weighted by Crippen LogP contribution is -2.05. The SMILES string of the molecule is CC1(C)[C@@H](CN)[C@@H]1c1ccc(Br)nc1. The molecule has 0 aromatic carbocycles. The van der Waals surface area contributed by atoms with Crippen molar-refractivity contribution in [2.75, 3.05) is 6.54 Å². The molecule has 2 N–H and O–H groups in total. The van der Waals surface area contributed by atoms with E-state index >= 15 is 0 Å². The molecule has 1 aliphatic rings. The summed E-state index contributed by atoms with van der Waals surface area (Å²) in [6.45, 7) is 5.32. The van der Waals surface area contributed by atoms with Crippen LogP contribution in [-0.4, -0.2) is 11.5 Å². The molecule has 0 saturated heterocycles. The summed E-state index contributed by atoms with van der Waals surface area (Å²) in [4.78, 5) is 4.25. The Morgan fingerprint density at radius 1 is 1.50 bits per heavy atom. The maximum atomic E-state index is 5.74. The number of rotatable bonds is 2. The van der Waals surface area contributed by atoms with Gasteiger partial charge in [-0.15, -0.1) is 0 Å². The molecule has 2 nitrogen and oxygen atoms in total. The molecule has 2 atom stereocenters. The third-order valence-electron chi connectivity index (χ3n) is 3.41. The van der Waals surface area contributed by atoms with Crippen LogP contribution < -0.4 is 5.73 Å². The Kier molecular flexibility index (Phi) is 2.40. The van der Waals surface area contributed by atoms with Crippen molar-refractivity contribution >= 4 is 15.9 Å². The number of hydrogen-bond acceptors (Lipinski definition) is 2. The summed E-state index contributed by atoms with van der Waals surface area (Å²) in [5.41, 5.74) is 7.40. The van der Waals surface area contributed by atoms with Crippen molar-refractivity contribution < 1.29 is 0 Å². The van der Waals surface area contributed by atoms with Gasteiger partial charge in [-0.3, -0.25) is 0 Å². The normalized spacial score (nSPS) is 28.9. The highest BCUT2D eigenvalue weighted by Gasteiger charge is 2.57. The zero-order chi connectivity index (χ0) is 10.3. The quantitative estimate of drug-likeness (QED) is 0.825. The molecule has 0 unspecified atom stereocenters. The van der Waals surface area contributed by atoms with Gasteiger partial charge in [0.1, 0.15) is 4.60 Å². The first-order valence-corrected chi connectivity index (χ1v) is 5.68. The van der Waals surface area contributed by atoms with Gasteiger partial charge in [0.05, 0.1) is 0 Å². The van der Waals surface area contributed by atoms with Crippen molar-refractivity contribution in [1.82, 2.24) is 4.98 Å². The Balaban J connectivity index is 2.22. The van der Waals surface area contributed by atoms with Crippen molar-refractivity contribution in [2.45, 2.75) is 19.8 Å². The van der Waals surface area contributed by atoms with Crippen LogP contribution in [0.3, 0.4) is 0 Å². The molecule has 1 fully saturated rings. The van der Waals surface area contributed by atoms with Crippen molar-refractivity contribution in [2.24, 2.45) is 17.1 Å². The maximum Gasteiger partial charge on any atom is 0.106 e. The third-order valence-corrected chi connectivity index (χ3v) is 3.88. The van der Waals surface area contributed by atoms with Crippen LogP contribution in [-0.2, 0) is 0 Å². The van der Waals surface area contributed by atoms with Crippen LogP contribution in [0, 0.1) is 11.3 Å². The van der Waals surface area contributed by atoms with E-state index in [4.69, 9.17) is 5.73 Å². The molecule has 1 heterocycles. The van der Waals surface area contributed by atoms with Crippen LogP contribution in [0.5, 0.6) is 0 Å². The second-order valence-electron chi connectivity index (χ2n) is 4.56. The number of aromatic nitrogens is 1. The lowest BCUT2D eigenvalue weighted by Gasteiger charge is -2.02. The van der Waals surface area contributed by atoms with Crippen LogP contribution in [0.25, 0.3) is 0 Å². The predicted octanol–water partition coefficient (Wildman–Crippen LogP) is 2.54. The highest BCUT2D eigenvalue weighted by atomic mass is 79.9. The van der Waals surface area contributed by atoms with E-state index in [9.17, 15) is 0 Å². The molecule has 14 heavy (non-hydrogen) atoms. The Morgan fingerprint density at radius 2 is 2.21 bits per heavy atom. The first-order chi connectivity index (χ1) is 6.57. The first kappa shape index (κ1) is 10.1. The molecule has 1 aromatic rings. The lowest BCUT2D eigenvalue weighted by molar-refractivity contribution is 0.558. The zero-order valence-electron chi connectivity index (χ0n) is 8.50.